The standard InChI is InChI=1S/C14H10IN3O2/c15-9-6-5-8(7-12(9)19)13(20)18-14-16-10-3-1-2-4-11(10)17-14/h1-7,19H,(H2,16,17,18,20). The first-order chi connectivity index (χ1) is 9.63. The molecule has 0 unspecified atom stereocenters. The van der Waals surface area contributed by atoms with Crippen molar-refractivity contribution in [3.8, 4) is 5.75 Å². The summed E-state index contributed by atoms with van der Waals surface area (Å²) >= 11 is 2.00. The van der Waals surface area contributed by atoms with Crippen LogP contribution < -0.4 is 5.32 Å². The number of fused-ring (bicyclic) bond motifs is 1. The number of aromatic amines is 1. The Bertz CT molecular complexity index is 765. The number of H-pyrrole nitrogens is 1. The van der Waals surface area contributed by atoms with Gasteiger partial charge in [0.25, 0.3) is 5.91 Å². The summed E-state index contributed by atoms with van der Waals surface area (Å²) in [6.07, 6.45) is 0. The van der Waals surface area contributed by atoms with E-state index < -0.39 is 0 Å². The minimum Gasteiger partial charge on any atom is -0.507 e. The Kier molecular flexibility index (Phi) is 3.31. The van der Waals surface area contributed by atoms with Gasteiger partial charge < -0.3 is 10.1 Å². The van der Waals surface area contributed by atoms with Gasteiger partial charge in [-0.15, -0.1) is 0 Å². The molecular formula is C14H10IN3O2. The van der Waals surface area contributed by atoms with Gasteiger partial charge in [-0.05, 0) is 52.9 Å². The third-order valence-electron chi connectivity index (χ3n) is 2.83. The number of hydrogen-bond acceptors (Lipinski definition) is 3. The van der Waals surface area contributed by atoms with E-state index in [0.29, 0.717) is 15.1 Å². The quantitative estimate of drug-likeness (QED) is 0.599. The Morgan fingerprint density at radius 2 is 2.05 bits per heavy atom. The van der Waals surface area contributed by atoms with Gasteiger partial charge in [0, 0.05) is 5.56 Å². The Hall–Kier alpha value is -2.09. The molecule has 3 N–H and O–H groups in total. The molecule has 0 atom stereocenters. The predicted octanol–water partition coefficient (Wildman–Crippen LogP) is 3.13. The zero-order valence-electron chi connectivity index (χ0n) is 10.2. The van der Waals surface area contributed by atoms with Crippen LogP contribution in [0.1, 0.15) is 10.4 Å². The lowest BCUT2D eigenvalue weighted by atomic mass is 10.2. The number of hydrogen-bond donors (Lipinski definition) is 3. The number of amides is 1. The van der Waals surface area contributed by atoms with Crippen molar-refractivity contribution in [2.75, 3.05) is 5.32 Å². The van der Waals surface area contributed by atoms with Crippen molar-refractivity contribution in [2.24, 2.45) is 0 Å². The minimum absolute atomic E-state index is 0.0860. The van der Waals surface area contributed by atoms with Crippen LogP contribution in [0.15, 0.2) is 42.5 Å². The first-order valence-electron chi connectivity index (χ1n) is 5.88. The lowest BCUT2D eigenvalue weighted by Crippen LogP contribution is -2.12. The predicted molar refractivity (Wildman–Crippen MR) is 84.9 cm³/mol. The van der Waals surface area contributed by atoms with E-state index >= 15 is 0 Å². The van der Waals surface area contributed by atoms with Crippen LogP contribution in [0.5, 0.6) is 5.75 Å². The molecule has 0 aliphatic heterocycles. The summed E-state index contributed by atoms with van der Waals surface area (Å²) in [7, 11) is 0. The number of carbonyl (C=O) groups excluding carboxylic acids is 1. The van der Waals surface area contributed by atoms with Crippen LogP contribution in [-0.4, -0.2) is 21.0 Å². The molecule has 0 saturated carbocycles. The molecule has 5 nitrogen and oxygen atoms in total. The third kappa shape index (κ3) is 2.46. The molecule has 1 aromatic heterocycles. The summed E-state index contributed by atoms with van der Waals surface area (Å²) in [5.41, 5.74) is 2.02. The number of rotatable bonds is 2. The summed E-state index contributed by atoms with van der Waals surface area (Å²) in [4.78, 5) is 19.4. The molecule has 0 aliphatic carbocycles. The van der Waals surface area contributed by atoms with Crippen LogP contribution in [0, 0.1) is 3.57 Å². The number of aromatic nitrogens is 2. The maximum Gasteiger partial charge on any atom is 0.258 e. The van der Waals surface area contributed by atoms with E-state index in [-0.39, 0.29) is 11.7 Å². The monoisotopic (exact) mass is 379 g/mol. The Morgan fingerprint density at radius 1 is 1.25 bits per heavy atom. The molecule has 100 valence electrons. The van der Waals surface area contributed by atoms with Crippen molar-refractivity contribution in [1.82, 2.24) is 9.97 Å². The summed E-state index contributed by atoms with van der Waals surface area (Å²) < 4.78 is 0.697. The van der Waals surface area contributed by atoms with Gasteiger partial charge in [0.1, 0.15) is 5.75 Å². The van der Waals surface area contributed by atoms with Crippen LogP contribution in [-0.2, 0) is 0 Å². The van der Waals surface area contributed by atoms with E-state index in [1.54, 1.807) is 12.1 Å². The zero-order valence-corrected chi connectivity index (χ0v) is 12.4. The van der Waals surface area contributed by atoms with Crippen molar-refractivity contribution in [1.29, 1.82) is 0 Å². The van der Waals surface area contributed by atoms with E-state index in [4.69, 9.17) is 0 Å². The normalized spacial score (nSPS) is 10.7. The number of anilines is 1. The Balaban J connectivity index is 1.86. The van der Waals surface area contributed by atoms with Crippen LogP contribution >= 0.6 is 22.6 Å². The van der Waals surface area contributed by atoms with E-state index in [2.05, 4.69) is 15.3 Å². The fourth-order valence-electron chi connectivity index (χ4n) is 1.85. The molecular weight excluding hydrogens is 369 g/mol. The minimum atomic E-state index is -0.323. The maximum atomic E-state index is 12.1. The highest BCUT2D eigenvalue weighted by molar-refractivity contribution is 14.1. The molecule has 6 heteroatoms. The molecule has 0 saturated heterocycles. The van der Waals surface area contributed by atoms with Crippen LogP contribution in [0.4, 0.5) is 5.95 Å². The second-order valence-electron chi connectivity index (χ2n) is 4.22. The van der Waals surface area contributed by atoms with Crippen molar-refractivity contribution >= 4 is 45.5 Å². The highest BCUT2D eigenvalue weighted by Crippen LogP contribution is 2.21. The zero-order chi connectivity index (χ0) is 14.1. The SMILES string of the molecule is O=C(Nc1nc2ccccc2[nH]1)c1ccc(I)c(O)c1. The average molecular weight is 379 g/mol. The molecule has 1 heterocycles. The number of imidazole rings is 1. The van der Waals surface area contributed by atoms with E-state index in [9.17, 15) is 9.90 Å². The van der Waals surface area contributed by atoms with Crippen molar-refractivity contribution in [3.05, 3.63) is 51.6 Å². The van der Waals surface area contributed by atoms with Crippen molar-refractivity contribution < 1.29 is 9.90 Å². The van der Waals surface area contributed by atoms with Gasteiger partial charge in [-0.2, -0.15) is 0 Å². The summed E-state index contributed by atoms with van der Waals surface area (Å²) in [6, 6.07) is 12.3. The fourth-order valence-corrected chi connectivity index (χ4v) is 2.18. The number of nitrogens with one attached hydrogen (secondary N) is 2. The number of phenols is 1. The highest BCUT2D eigenvalue weighted by Gasteiger charge is 2.10. The Labute approximate surface area is 128 Å². The molecule has 1 amide bonds. The van der Waals surface area contributed by atoms with Gasteiger partial charge >= 0.3 is 0 Å². The number of nitrogens with zero attached hydrogens (tertiary/aromatic N) is 1. The topological polar surface area (TPSA) is 78.0 Å². The van der Waals surface area contributed by atoms with Crippen LogP contribution in [0.3, 0.4) is 0 Å². The van der Waals surface area contributed by atoms with Gasteiger partial charge in [0.05, 0.1) is 14.6 Å². The summed E-state index contributed by atoms with van der Waals surface area (Å²) in [5, 5.41) is 12.3. The smallest absolute Gasteiger partial charge is 0.258 e. The second kappa shape index (κ2) is 5.12. The van der Waals surface area contributed by atoms with E-state index in [1.807, 2.05) is 46.9 Å². The molecule has 20 heavy (non-hydrogen) atoms. The number of phenolic OH excluding ortho intramolecular Hbond substituents is 1. The first kappa shape index (κ1) is 12.9. The molecule has 0 bridgehead atoms. The molecule has 0 spiro atoms. The van der Waals surface area contributed by atoms with E-state index in [1.165, 1.54) is 6.07 Å². The van der Waals surface area contributed by atoms with Crippen LogP contribution in [0.25, 0.3) is 11.0 Å². The number of benzene rings is 2. The fraction of sp³-hybridized carbons (Fsp3) is 0. The lowest BCUT2D eigenvalue weighted by molar-refractivity contribution is 0.102. The number of carbonyl (C=O) groups is 1. The number of para-hydroxylation sites is 2. The largest absolute Gasteiger partial charge is 0.507 e. The van der Waals surface area contributed by atoms with Gasteiger partial charge in [-0.25, -0.2) is 4.98 Å². The van der Waals surface area contributed by atoms with Gasteiger partial charge in [0.15, 0.2) is 0 Å². The van der Waals surface area contributed by atoms with Crippen molar-refractivity contribution in [3.63, 3.8) is 0 Å². The molecule has 3 rings (SSSR count). The summed E-state index contributed by atoms with van der Waals surface area (Å²) in [6.45, 7) is 0. The summed E-state index contributed by atoms with van der Waals surface area (Å²) in [5.74, 6) is 0.146. The molecule has 0 aliphatic rings. The third-order valence-corrected chi connectivity index (χ3v) is 3.74. The molecule has 0 fully saturated rings. The highest BCUT2D eigenvalue weighted by atomic mass is 127. The lowest BCUT2D eigenvalue weighted by Gasteiger charge is -2.03. The molecule has 0 radical (unpaired) electrons. The van der Waals surface area contributed by atoms with Gasteiger partial charge in [-0.3, -0.25) is 10.1 Å². The van der Waals surface area contributed by atoms with Gasteiger partial charge in [0.2, 0.25) is 5.95 Å². The second-order valence-corrected chi connectivity index (χ2v) is 5.39. The number of aromatic hydroxyl groups is 1. The number of halogens is 1. The van der Waals surface area contributed by atoms with Gasteiger partial charge in [-0.1, -0.05) is 12.1 Å². The van der Waals surface area contributed by atoms with Crippen LogP contribution in [0.2, 0.25) is 0 Å². The average Bonchev–Trinajstić information content (AvgIpc) is 2.83. The molecule has 3 aromatic rings. The van der Waals surface area contributed by atoms with Crippen molar-refractivity contribution in [2.45, 2.75) is 0 Å². The van der Waals surface area contributed by atoms with E-state index in [0.717, 1.165) is 11.0 Å². The first-order valence-corrected chi connectivity index (χ1v) is 6.96. The molecule has 2 aromatic carbocycles. The Morgan fingerprint density at radius 3 is 2.80 bits per heavy atom. The maximum absolute atomic E-state index is 12.1.